The first-order valence-corrected chi connectivity index (χ1v) is 6.42. The first-order chi connectivity index (χ1) is 10.8. The van der Waals surface area contributed by atoms with E-state index in [1.165, 1.54) is 26.4 Å². The number of H-pyrrole nitrogens is 1. The zero-order valence-electron chi connectivity index (χ0n) is 11.9. The van der Waals surface area contributed by atoms with Crippen molar-refractivity contribution >= 4 is 18.4 Å². The van der Waals surface area contributed by atoms with Crippen LogP contribution in [0.1, 0.15) is 11.4 Å². The number of benzene rings is 1. The molecule has 23 heavy (non-hydrogen) atoms. The number of halogens is 3. The summed E-state index contributed by atoms with van der Waals surface area (Å²) in [7, 11) is 2.65. The third-order valence-electron chi connectivity index (χ3n) is 2.73. The third kappa shape index (κ3) is 3.44. The van der Waals surface area contributed by atoms with Gasteiger partial charge in [-0.3, -0.25) is 0 Å². The zero-order chi connectivity index (χ0) is 17.2. The summed E-state index contributed by atoms with van der Waals surface area (Å²) in [5.41, 5.74) is 0.327. The van der Waals surface area contributed by atoms with E-state index in [2.05, 4.69) is 10.2 Å². The molecule has 0 aliphatic rings. The molecule has 11 heteroatoms. The molecule has 0 aliphatic carbocycles. The summed E-state index contributed by atoms with van der Waals surface area (Å²) in [4.78, 5) is 0. The molecule has 2 rings (SSSR count). The standard InChI is InChI=1S/C12H11F3N4O3S/c1-21-7-3-6(4-8(22-2)9(7)20)5-16-19-10(12(13,14)15)17-18-11(19)23/h3-5,20H,1-2H3,(H,18,23)/b16-5+. The Morgan fingerprint density at radius 1 is 1.30 bits per heavy atom. The topological polar surface area (TPSA) is 84.7 Å². The molecule has 0 unspecified atom stereocenters. The lowest BCUT2D eigenvalue weighted by Crippen LogP contribution is -2.12. The second-order valence-corrected chi connectivity index (χ2v) is 4.57. The van der Waals surface area contributed by atoms with E-state index < -0.39 is 12.0 Å². The monoisotopic (exact) mass is 348 g/mol. The molecular weight excluding hydrogens is 337 g/mol. The Hall–Kier alpha value is -2.56. The Bertz CT molecular complexity index is 773. The van der Waals surface area contributed by atoms with Crippen LogP contribution in [-0.2, 0) is 6.18 Å². The maximum absolute atomic E-state index is 12.8. The number of aromatic hydroxyl groups is 1. The van der Waals surface area contributed by atoms with Gasteiger partial charge in [-0.1, -0.05) is 0 Å². The fraction of sp³-hybridized carbons (Fsp3) is 0.250. The van der Waals surface area contributed by atoms with Crippen LogP contribution in [0.25, 0.3) is 0 Å². The van der Waals surface area contributed by atoms with E-state index in [1.54, 1.807) is 0 Å². The van der Waals surface area contributed by atoms with Crippen molar-refractivity contribution < 1.29 is 27.8 Å². The number of nitrogens with zero attached hydrogens (tertiary/aromatic N) is 3. The fourth-order valence-corrected chi connectivity index (χ4v) is 1.87. The first kappa shape index (κ1) is 16.8. The van der Waals surface area contributed by atoms with Gasteiger partial charge in [-0.05, 0) is 24.4 Å². The molecule has 7 nitrogen and oxygen atoms in total. The van der Waals surface area contributed by atoms with Crippen molar-refractivity contribution in [3.63, 3.8) is 0 Å². The smallest absolute Gasteiger partial charge is 0.453 e. The molecule has 1 aromatic heterocycles. The quantitative estimate of drug-likeness (QED) is 0.655. The highest BCUT2D eigenvalue weighted by atomic mass is 32.1. The predicted molar refractivity (Wildman–Crippen MR) is 76.6 cm³/mol. The molecule has 2 N–H and O–H groups in total. The highest BCUT2D eigenvalue weighted by Crippen LogP contribution is 2.36. The van der Waals surface area contributed by atoms with E-state index in [9.17, 15) is 18.3 Å². The number of aromatic amines is 1. The highest BCUT2D eigenvalue weighted by molar-refractivity contribution is 7.71. The number of alkyl halides is 3. The molecule has 0 bridgehead atoms. The first-order valence-electron chi connectivity index (χ1n) is 6.02. The normalized spacial score (nSPS) is 11.9. The number of phenols is 1. The van der Waals surface area contributed by atoms with Crippen molar-refractivity contribution in [3.05, 3.63) is 28.3 Å². The fourth-order valence-electron chi connectivity index (χ4n) is 1.69. The minimum Gasteiger partial charge on any atom is -0.502 e. The Balaban J connectivity index is 2.46. The van der Waals surface area contributed by atoms with Crippen LogP contribution in [0.15, 0.2) is 17.2 Å². The van der Waals surface area contributed by atoms with Crippen molar-refractivity contribution in [1.82, 2.24) is 14.9 Å². The van der Waals surface area contributed by atoms with Crippen LogP contribution in [0.2, 0.25) is 0 Å². The van der Waals surface area contributed by atoms with Crippen LogP contribution in [0, 0.1) is 4.77 Å². The summed E-state index contributed by atoms with van der Waals surface area (Å²) in [6, 6.07) is 2.75. The van der Waals surface area contributed by atoms with Crippen molar-refractivity contribution in [2.24, 2.45) is 5.10 Å². The minimum atomic E-state index is -4.71. The number of rotatable bonds is 4. The van der Waals surface area contributed by atoms with Gasteiger partial charge in [0.05, 0.1) is 20.4 Å². The molecule has 0 atom stereocenters. The Labute approximate surface area is 133 Å². The van der Waals surface area contributed by atoms with E-state index >= 15 is 0 Å². The molecule has 1 aromatic carbocycles. The van der Waals surface area contributed by atoms with Crippen LogP contribution in [0.3, 0.4) is 0 Å². The lowest BCUT2D eigenvalue weighted by molar-refractivity contribution is -0.147. The van der Waals surface area contributed by atoms with E-state index in [4.69, 9.17) is 21.7 Å². The van der Waals surface area contributed by atoms with Crippen LogP contribution in [0.5, 0.6) is 17.2 Å². The molecule has 0 amide bonds. The lowest BCUT2D eigenvalue weighted by atomic mass is 10.2. The van der Waals surface area contributed by atoms with Gasteiger partial charge in [-0.2, -0.15) is 22.9 Å². The lowest BCUT2D eigenvalue weighted by Gasteiger charge is -2.09. The average Bonchev–Trinajstić information content (AvgIpc) is 2.87. The number of aromatic nitrogens is 3. The Morgan fingerprint density at radius 3 is 2.35 bits per heavy atom. The van der Waals surface area contributed by atoms with Crippen molar-refractivity contribution in [1.29, 1.82) is 0 Å². The van der Waals surface area contributed by atoms with Crippen molar-refractivity contribution in [3.8, 4) is 17.2 Å². The maximum Gasteiger partial charge on any atom is 0.453 e. The summed E-state index contributed by atoms with van der Waals surface area (Å²) in [5.74, 6) is -1.35. The number of ether oxygens (including phenoxy) is 2. The molecule has 1 heterocycles. The molecule has 0 saturated heterocycles. The van der Waals surface area contributed by atoms with Crippen molar-refractivity contribution in [2.75, 3.05) is 14.2 Å². The van der Waals surface area contributed by atoms with E-state index in [1.807, 2.05) is 5.10 Å². The second kappa shape index (κ2) is 6.28. The van der Waals surface area contributed by atoms with Crippen LogP contribution >= 0.6 is 12.2 Å². The molecule has 0 aliphatic heterocycles. The molecule has 124 valence electrons. The number of hydrogen-bond donors (Lipinski definition) is 2. The minimum absolute atomic E-state index is 0.0811. The molecular formula is C12H11F3N4O3S. The molecule has 2 aromatic rings. The zero-order valence-corrected chi connectivity index (χ0v) is 12.7. The van der Waals surface area contributed by atoms with E-state index in [0.717, 1.165) is 6.21 Å². The molecule has 0 radical (unpaired) electrons. The van der Waals surface area contributed by atoms with Gasteiger partial charge < -0.3 is 14.6 Å². The van der Waals surface area contributed by atoms with Gasteiger partial charge in [0, 0.05) is 5.56 Å². The summed E-state index contributed by atoms with van der Waals surface area (Å²) >= 11 is 4.72. The molecule has 0 fully saturated rings. The van der Waals surface area contributed by atoms with Crippen LogP contribution < -0.4 is 9.47 Å². The van der Waals surface area contributed by atoms with Gasteiger partial charge in [-0.15, -0.1) is 5.10 Å². The molecule has 0 saturated carbocycles. The number of nitrogens with one attached hydrogen (secondary N) is 1. The number of methoxy groups -OCH3 is 2. The van der Waals surface area contributed by atoms with Crippen LogP contribution in [-0.4, -0.2) is 40.4 Å². The highest BCUT2D eigenvalue weighted by Gasteiger charge is 2.37. The summed E-state index contributed by atoms with van der Waals surface area (Å²) in [6.45, 7) is 0. The van der Waals surface area contributed by atoms with Gasteiger partial charge in [0.25, 0.3) is 5.82 Å². The Kier molecular flexibility index (Phi) is 4.59. The summed E-state index contributed by atoms with van der Waals surface area (Å²) in [5, 5.41) is 18.6. The van der Waals surface area contributed by atoms with Crippen molar-refractivity contribution in [2.45, 2.75) is 6.18 Å². The largest absolute Gasteiger partial charge is 0.502 e. The van der Waals surface area contributed by atoms with E-state index in [0.29, 0.717) is 10.2 Å². The number of hydrogen-bond acceptors (Lipinski definition) is 6. The average molecular weight is 348 g/mol. The third-order valence-corrected chi connectivity index (χ3v) is 2.99. The van der Waals surface area contributed by atoms with Gasteiger partial charge in [0.1, 0.15) is 0 Å². The van der Waals surface area contributed by atoms with Gasteiger partial charge in [-0.25, -0.2) is 5.10 Å². The summed E-state index contributed by atoms with van der Waals surface area (Å²) < 4.78 is 48.4. The van der Waals surface area contributed by atoms with Crippen LogP contribution in [0.4, 0.5) is 13.2 Å². The summed E-state index contributed by atoms with van der Waals surface area (Å²) in [6.07, 6.45) is -3.61. The maximum atomic E-state index is 12.8. The van der Waals surface area contributed by atoms with Gasteiger partial charge >= 0.3 is 6.18 Å². The van der Waals surface area contributed by atoms with Gasteiger partial charge in [0.15, 0.2) is 11.5 Å². The second-order valence-electron chi connectivity index (χ2n) is 4.18. The van der Waals surface area contributed by atoms with E-state index in [-0.39, 0.29) is 22.0 Å². The predicted octanol–water partition coefficient (Wildman–Crippen LogP) is 2.56. The Morgan fingerprint density at radius 2 is 1.87 bits per heavy atom. The van der Waals surface area contributed by atoms with Gasteiger partial charge in [0.2, 0.25) is 10.5 Å². The molecule has 0 spiro atoms. The SMILES string of the molecule is COc1cc(/C=N/n2c(C(F)(F)F)n[nH]c2=S)cc(OC)c1O. The number of phenolic OH excluding ortho intramolecular Hbond substituents is 1.